The Morgan fingerprint density at radius 1 is 1.32 bits per heavy atom. The lowest BCUT2D eigenvalue weighted by Gasteiger charge is -2.28. The Bertz CT molecular complexity index is 699. The van der Waals surface area contributed by atoms with E-state index in [1.54, 1.807) is 18.3 Å². The van der Waals surface area contributed by atoms with Gasteiger partial charge in [0.1, 0.15) is 5.69 Å². The number of aromatic nitrogens is 2. The molecule has 0 saturated carbocycles. The number of carbonyl (C=O) groups is 1. The normalized spacial score (nSPS) is 13.4. The Kier molecular flexibility index (Phi) is 4.14. The van der Waals surface area contributed by atoms with E-state index in [0.717, 1.165) is 13.0 Å². The second-order valence-corrected chi connectivity index (χ2v) is 5.18. The number of anilines is 1. The van der Waals surface area contributed by atoms with Gasteiger partial charge in [-0.25, -0.2) is 9.97 Å². The average molecular weight is 294 g/mol. The highest BCUT2D eigenvalue weighted by Gasteiger charge is 2.22. The van der Waals surface area contributed by atoms with Gasteiger partial charge in [0.15, 0.2) is 0 Å². The minimum Gasteiger partial charge on any atom is -0.351 e. The zero-order valence-corrected chi connectivity index (χ0v) is 12.3. The van der Waals surface area contributed by atoms with Crippen molar-refractivity contribution in [3.63, 3.8) is 0 Å². The summed E-state index contributed by atoms with van der Waals surface area (Å²) in [6.07, 6.45) is 4.21. The van der Waals surface area contributed by atoms with Gasteiger partial charge in [0.25, 0.3) is 5.91 Å². The second-order valence-electron chi connectivity index (χ2n) is 5.18. The van der Waals surface area contributed by atoms with Gasteiger partial charge in [-0.2, -0.15) is 0 Å². The van der Waals surface area contributed by atoms with E-state index >= 15 is 0 Å². The van der Waals surface area contributed by atoms with Gasteiger partial charge in [-0.15, -0.1) is 6.58 Å². The summed E-state index contributed by atoms with van der Waals surface area (Å²) in [5, 5.41) is 3.00. The molecule has 1 aromatic heterocycles. The van der Waals surface area contributed by atoms with E-state index in [9.17, 15) is 4.79 Å². The summed E-state index contributed by atoms with van der Waals surface area (Å²) >= 11 is 0. The van der Waals surface area contributed by atoms with Crippen LogP contribution in [-0.4, -0.2) is 33.9 Å². The van der Waals surface area contributed by atoms with E-state index in [1.165, 1.54) is 11.1 Å². The summed E-state index contributed by atoms with van der Waals surface area (Å²) in [7, 11) is 0. The van der Waals surface area contributed by atoms with Gasteiger partial charge in [0, 0.05) is 25.8 Å². The lowest BCUT2D eigenvalue weighted by molar-refractivity contribution is 0.0728. The van der Waals surface area contributed by atoms with E-state index in [2.05, 4.69) is 34.0 Å². The third-order valence-electron chi connectivity index (χ3n) is 3.70. The van der Waals surface area contributed by atoms with Crippen molar-refractivity contribution in [2.75, 3.05) is 18.4 Å². The summed E-state index contributed by atoms with van der Waals surface area (Å²) < 4.78 is 0. The molecule has 112 valence electrons. The first kappa shape index (κ1) is 14.3. The predicted molar refractivity (Wildman–Crippen MR) is 85.6 cm³/mol. The molecule has 0 aliphatic carbocycles. The molecule has 0 unspecified atom stereocenters. The summed E-state index contributed by atoms with van der Waals surface area (Å²) in [5.41, 5.74) is 2.95. The van der Waals surface area contributed by atoms with Crippen LogP contribution in [-0.2, 0) is 13.0 Å². The molecule has 0 spiro atoms. The van der Waals surface area contributed by atoms with Crippen LogP contribution in [0.4, 0.5) is 5.95 Å². The number of nitrogens with one attached hydrogen (secondary N) is 1. The molecule has 2 aromatic rings. The van der Waals surface area contributed by atoms with E-state index in [1.807, 2.05) is 17.0 Å². The van der Waals surface area contributed by atoms with Crippen LogP contribution >= 0.6 is 0 Å². The van der Waals surface area contributed by atoms with Crippen LogP contribution in [0.25, 0.3) is 0 Å². The largest absolute Gasteiger partial charge is 0.351 e. The second kappa shape index (κ2) is 6.39. The molecular formula is C17H18N4O. The molecular weight excluding hydrogens is 276 g/mol. The predicted octanol–water partition coefficient (Wildman–Crippen LogP) is 2.27. The van der Waals surface area contributed by atoms with Crippen molar-refractivity contribution >= 4 is 11.9 Å². The maximum atomic E-state index is 12.6. The number of hydrogen-bond donors (Lipinski definition) is 1. The monoisotopic (exact) mass is 294 g/mol. The van der Waals surface area contributed by atoms with Crippen LogP contribution in [0.15, 0.2) is 49.2 Å². The van der Waals surface area contributed by atoms with E-state index in [4.69, 9.17) is 0 Å². The molecule has 0 radical (unpaired) electrons. The number of hydrogen-bond acceptors (Lipinski definition) is 4. The van der Waals surface area contributed by atoms with Crippen LogP contribution < -0.4 is 5.32 Å². The van der Waals surface area contributed by atoms with Gasteiger partial charge >= 0.3 is 0 Å². The topological polar surface area (TPSA) is 58.1 Å². The van der Waals surface area contributed by atoms with Crippen molar-refractivity contribution < 1.29 is 4.79 Å². The Labute approximate surface area is 129 Å². The van der Waals surface area contributed by atoms with Gasteiger partial charge in [-0.05, 0) is 23.6 Å². The van der Waals surface area contributed by atoms with E-state index in [-0.39, 0.29) is 5.91 Å². The lowest BCUT2D eigenvalue weighted by atomic mass is 10.00. The van der Waals surface area contributed by atoms with Crippen LogP contribution in [0.2, 0.25) is 0 Å². The fourth-order valence-electron chi connectivity index (χ4n) is 2.56. The number of benzene rings is 1. The number of rotatable bonds is 4. The Morgan fingerprint density at radius 2 is 2.14 bits per heavy atom. The zero-order chi connectivity index (χ0) is 15.4. The van der Waals surface area contributed by atoms with Crippen molar-refractivity contribution in [1.29, 1.82) is 0 Å². The summed E-state index contributed by atoms with van der Waals surface area (Å²) in [5.74, 6) is 0.390. The molecule has 0 fully saturated rings. The highest BCUT2D eigenvalue weighted by molar-refractivity contribution is 5.92. The molecule has 1 aromatic carbocycles. The van der Waals surface area contributed by atoms with Crippen LogP contribution in [0.3, 0.4) is 0 Å². The molecule has 0 bridgehead atoms. The fourth-order valence-corrected chi connectivity index (χ4v) is 2.56. The smallest absolute Gasteiger partial charge is 0.272 e. The van der Waals surface area contributed by atoms with Crippen LogP contribution in [0.1, 0.15) is 21.6 Å². The average Bonchev–Trinajstić information content (AvgIpc) is 2.59. The first-order chi connectivity index (χ1) is 10.8. The third kappa shape index (κ3) is 2.98. The minimum atomic E-state index is -0.0569. The number of amides is 1. The van der Waals surface area contributed by atoms with Gasteiger partial charge in [-0.3, -0.25) is 4.79 Å². The highest BCUT2D eigenvalue weighted by atomic mass is 16.2. The lowest BCUT2D eigenvalue weighted by Crippen LogP contribution is -2.36. The molecule has 2 heterocycles. The SMILES string of the molecule is C=CCNc1nccc(C(=O)N2CCc3ccccc3C2)n1. The maximum absolute atomic E-state index is 12.6. The van der Waals surface area contributed by atoms with Crippen molar-refractivity contribution in [3.8, 4) is 0 Å². The summed E-state index contributed by atoms with van der Waals surface area (Å²) in [6, 6.07) is 9.90. The van der Waals surface area contributed by atoms with Crippen molar-refractivity contribution in [3.05, 3.63) is 66.0 Å². The van der Waals surface area contributed by atoms with Gasteiger partial charge in [0.2, 0.25) is 5.95 Å². The number of nitrogens with zero attached hydrogens (tertiary/aromatic N) is 3. The Hall–Kier alpha value is -2.69. The van der Waals surface area contributed by atoms with Crippen molar-refractivity contribution in [2.45, 2.75) is 13.0 Å². The zero-order valence-electron chi connectivity index (χ0n) is 12.3. The first-order valence-corrected chi connectivity index (χ1v) is 7.32. The molecule has 1 amide bonds. The van der Waals surface area contributed by atoms with E-state index < -0.39 is 0 Å². The van der Waals surface area contributed by atoms with Crippen molar-refractivity contribution in [2.24, 2.45) is 0 Å². The minimum absolute atomic E-state index is 0.0569. The maximum Gasteiger partial charge on any atom is 0.272 e. The molecule has 5 heteroatoms. The molecule has 1 aliphatic rings. The molecule has 5 nitrogen and oxygen atoms in total. The van der Waals surface area contributed by atoms with Gasteiger partial charge < -0.3 is 10.2 Å². The molecule has 0 atom stereocenters. The molecule has 22 heavy (non-hydrogen) atoms. The molecule has 0 saturated heterocycles. The summed E-state index contributed by atoms with van der Waals surface area (Å²) in [6.45, 7) is 5.55. The van der Waals surface area contributed by atoms with Crippen LogP contribution in [0, 0.1) is 0 Å². The number of fused-ring (bicyclic) bond motifs is 1. The van der Waals surface area contributed by atoms with Crippen LogP contribution in [0.5, 0.6) is 0 Å². The van der Waals surface area contributed by atoms with Gasteiger partial charge in [0.05, 0.1) is 0 Å². The molecule has 3 rings (SSSR count). The fraction of sp³-hybridized carbons (Fsp3) is 0.235. The Balaban J connectivity index is 1.76. The van der Waals surface area contributed by atoms with Gasteiger partial charge in [-0.1, -0.05) is 30.3 Å². The molecule has 1 N–H and O–H groups in total. The molecule has 1 aliphatic heterocycles. The summed E-state index contributed by atoms with van der Waals surface area (Å²) in [4.78, 5) is 22.8. The number of carbonyl (C=O) groups excluding carboxylic acids is 1. The first-order valence-electron chi connectivity index (χ1n) is 7.32. The Morgan fingerprint density at radius 3 is 2.95 bits per heavy atom. The van der Waals surface area contributed by atoms with E-state index in [0.29, 0.717) is 24.7 Å². The standard InChI is InChI=1S/C17H18N4O/c1-2-9-18-17-19-10-7-15(20-17)16(22)21-11-8-13-5-3-4-6-14(13)12-21/h2-7,10H,1,8-9,11-12H2,(H,18,19,20). The quantitative estimate of drug-likeness (QED) is 0.879. The highest BCUT2D eigenvalue weighted by Crippen LogP contribution is 2.19. The third-order valence-corrected chi connectivity index (χ3v) is 3.70. The van der Waals surface area contributed by atoms with Crippen molar-refractivity contribution in [1.82, 2.24) is 14.9 Å².